The topological polar surface area (TPSA) is 20.2 Å². The van der Waals surface area contributed by atoms with Gasteiger partial charge in [-0.15, -0.1) is 0 Å². The van der Waals surface area contributed by atoms with Gasteiger partial charge in [-0.25, -0.2) is 0 Å². The van der Waals surface area contributed by atoms with Crippen molar-refractivity contribution >= 4 is 0 Å². The van der Waals surface area contributed by atoms with Gasteiger partial charge < -0.3 is 5.11 Å². The lowest BCUT2D eigenvalue weighted by Crippen LogP contribution is -2.13. The summed E-state index contributed by atoms with van der Waals surface area (Å²) in [6.07, 6.45) is 10.3. The number of phenolic OH excluding ortho intramolecular Hbond substituents is 1. The second-order valence-electron chi connectivity index (χ2n) is 9.80. The minimum atomic E-state index is 0.329. The van der Waals surface area contributed by atoms with Crippen LogP contribution in [0.4, 0.5) is 0 Å². The average molecular weight is 389 g/mol. The molecule has 0 aliphatic carbocycles. The Morgan fingerprint density at radius 2 is 1.14 bits per heavy atom. The first kappa shape index (κ1) is 26.8. The second-order valence-corrected chi connectivity index (χ2v) is 9.80. The lowest BCUT2D eigenvalue weighted by atomic mass is 9.82. The summed E-state index contributed by atoms with van der Waals surface area (Å²) in [6, 6.07) is 7.09. The molecule has 1 N–H and O–H groups in total. The van der Waals surface area contributed by atoms with Crippen molar-refractivity contribution in [3.63, 3.8) is 0 Å². The van der Waals surface area contributed by atoms with Crippen LogP contribution < -0.4 is 0 Å². The molecule has 4 atom stereocenters. The van der Waals surface area contributed by atoms with E-state index >= 15 is 0 Å². The predicted octanol–water partition coefficient (Wildman–Crippen LogP) is 8.66. The summed E-state index contributed by atoms with van der Waals surface area (Å²) in [7, 11) is 0. The van der Waals surface area contributed by atoms with E-state index in [0.717, 1.165) is 29.6 Å². The highest BCUT2D eigenvalue weighted by molar-refractivity contribution is 5.24. The third-order valence-corrected chi connectivity index (χ3v) is 5.98. The number of phenols is 1. The molecule has 28 heavy (non-hydrogen) atoms. The van der Waals surface area contributed by atoms with E-state index in [1.54, 1.807) is 12.1 Å². The molecule has 0 radical (unpaired) electrons. The molecule has 0 aliphatic heterocycles. The smallest absolute Gasteiger partial charge is 0.115 e. The normalized spacial score (nSPS) is 16.0. The SMILES string of the molecule is CC(C)/C=C\C(C)C(C)CCC(C)C(C)CCC(C)C.Cc1ccc(O)cc1. The van der Waals surface area contributed by atoms with Gasteiger partial charge in [0.1, 0.15) is 5.75 Å². The number of hydrogen-bond acceptors (Lipinski definition) is 1. The van der Waals surface area contributed by atoms with Gasteiger partial charge in [-0.1, -0.05) is 105 Å². The molecule has 0 spiro atoms. The van der Waals surface area contributed by atoms with E-state index in [0.29, 0.717) is 11.7 Å². The van der Waals surface area contributed by atoms with Crippen molar-refractivity contribution in [3.05, 3.63) is 42.0 Å². The van der Waals surface area contributed by atoms with Gasteiger partial charge >= 0.3 is 0 Å². The second kappa shape index (κ2) is 14.7. The molecule has 1 aromatic rings. The Hall–Kier alpha value is -1.24. The van der Waals surface area contributed by atoms with Gasteiger partial charge in [0, 0.05) is 0 Å². The van der Waals surface area contributed by atoms with Crippen LogP contribution in [-0.2, 0) is 0 Å². The summed E-state index contributed by atoms with van der Waals surface area (Å²) in [4.78, 5) is 0. The zero-order valence-corrected chi connectivity index (χ0v) is 20.2. The molecule has 0 aromatic heterocycles. The molecule has 0 saturated carbocycles. The summed E-state index contributed by atoms with van der Waals surface area (Å²) < 4.78 is 0. The van der Waals surface area contributed by atoms with Crippen LogP contribution in [0.15, 0.2) is 36.4 Å². The third kappa shape index (κ3) is 13.9. The van der Waals surface area contributed by atoms with Gasteiger partial charge in [0.2, 0.25) is 0 Å². The van der Waals surface area contributed by atoms with Crippen LogP contribution in [-0.4, -0.2) is 5.11 Å². The van der Waals surface area contributed by atoms with Crippen molar-refractivity contribution in [2.75, 3.05) is 0 Å². The minimum absolute atomic E-state index is 0.329. The van der Waals surface area contributed by atoms with Crippen molar-refractivity contribution < 1.29 is 5.11 Å². The Labute approximate surface area is 176 Å². The number of hydrogen-bond donors (Lipinski definition) is 1. The molecule has 4 unspecified atom stereocenters. The van der Waals surface area contributed by atoms with Crippen molar-refractivity contribution in [2.45, 2.75) is 88.0 Å². The van der Waals surface area contributed by atoms with Crippen molar-refractivity contribution in [2.24, 2.45) is 35.5 Å². The van der Waals surface area contributed by atoms with E-state index in [1.807, 2.05) is 19.1 Å². The average Bonchev–Trinajstić information content (AvgIpc) is 2.64. The van der Waals surface area contributed by atoms with E-state index < -0.39 is 0 Å². The molecule has 0 heterocycles. The molecule has 1 nitrogen and oxygen atoms in total. The molecule has 1 heteroatoms. The van der Waals surface area contributed by atoms with Gasteiger partial charge in [0.05, 0.1) is 0 Å². The summed E-state index contributed by atoms with van der Waals surface area (Å²) in [5, 5.41) is 8.76. The molecule has 0 aliphatic rings. The van der Waals surface area contributed by atoms with Crippen LogP contribution in [0.3, 0.4) is 0 Å². The van der Waals surface area contributed by atoms with Gasteiger partial charge in [0.25, 0.3) is 0 Å². The maximum atomic E-state index is 8.76. The molecule has 0 bridgehead atoms. The number of allylic oxidation sites excluding steroid dienone is 2. The number of aromatic hydroxyl groups is 1. The van der Waals surface area contributed by atoms with E-state index in [2.05, 4.69) is 67.5 Å². The van der Waals surface area contributed by atoms with Crippen molar-refractivity contribution in [3.8, 4) is 5.75 Å². The fourth-order valence-electron chi connectivity index (χ4n) is 3.09. The van der Waals surface area contributed by atoms with Crippen LogP contribution in [0.5, 0.6) is 5.75 Å². The number of rotatable bonds is 10. The molecule has 1 rings (SSSR count). The third-order valence-electron chi connectivity index (χ3n) is 5.98. The quantitative estimate of drug-likeness (QED) is 0.397. The van der Waals surface area contributed by atoms with E-state index in [4.69, 9.17) is 5.11 Å². The first-order chi connectivity index (χ1) is 13.0. The highest BCUT2D eigenvalue weighted by Gasteiger charge is 2.16. The first-order valence-corrected chi connectivity index (χ1v) is 11.5. The fraction of sp³-hybridized carbons (Fsp3) is 0.704. The molecular weight excluding hydrogens is 340 g/mol. The number of benzene rings is 1. The molecule has 1 aromatic carbocycles. The first-order valence-electron chi connectivity index (χ1n) is 11.5. The maximum Gasteiger partial charge on any atom is 0.115 e. The van der Waals surface area contributed by atoms with Crippen LogP contribution in [0.1, 0.15) is 86.6 Å². The minimum Gasteiger partial charge on any atom is -0.508 e. The van der Waals surface area contributed by atoms with E-state index in [1.165, 1.54) is 31.2 Å². The Morgan fingerprint density at radius 3 is 1.57 bits per heavy atom. The highest BCUT2D eigenvalue weighted by atomic mass is 16.3. The van der Waals surface area contributed by atoms with E-state index in [9.17, 15) is 0 Å². The zero-order chi connectivity index (χ0) is 21.7. The summed E-state index contributed by atoms with van der Waals surface area (Å²) in [5.74, 6) is 5.14. The summed E-state index contributed by atoms with van der Waals surface area (Å²) >= 11 is 0. The molecule has 0 saturated heterocycles. The number of aryl methyl sites for hydroxylation is 1. The van der Waals surface area contributed by atoms with Crippen LogP contribution in [0.25, 0.3) is 0 Å². The van der Waals surface area contributed by atoms with Gasteiger partial charge in [-0.2, -0.15) is 0 Å². The highest BCUT2D eigenvalue weighted by Crippen LogP contribution is 2.27. The van der Waals surface area contributed by atoms with Crippen LogP contribution >= 0.6 is 0 Å². The van der Waals surface area contributed by atoms with Crippen molar-refractivity contribution in [1.82, 2.24) is 0 Å². The predicted molar refractivity (Wildman–Crippen MR) is 127 cm³/mol. The van der Waals surface area contributed by atoms with Crippen molar-refractivity contribution in [1.29, 1.82) is 0 Å². The van der Waals surface area contributed by atoms with Crippen LogP contribution in [0.2, 0.25) is 0 Å². The lowest BCUT2D eigenvalue weighted by molar-refractivity contribution is 0.287. The molecule has 162 valence electrons. The maximum absolute atomic E-state index is 8.76. The van der Waals surface area contributed by atoms with Gasteiger partial charge in [-0.05, 0) is 61.0 Å². The van der Waals surface area contributed by atoms with E-state index in [-0.39, 0.29) is 0 Å². The monoisotopic (exact) mass is 388 g/mol. The van der Waals surface area contributed by atoms with Crippen LogP contribution in [0, 0.1) is 42.4 Å². The summed E-state index contributed by atoms with van der Waals surface area (Å²) in [6.45, 7) is 20.9. The molecule has 0 amide bonds. The van der Waals surface area contributed by atoms with Gasteiger partial charge in [-0.3, -0.25) is 0 Å². The standard InChI is InChI=1S/C20H40.C7H8O/c1-15(2)9-11-17(5)19(7)13-14-20(8)18(6)12-10-16(3)4;1-6-2-4-7(8)5-3-6/h9,11,15-20H,10,12-14H2,1-8H3;2-5,8H,1H3/b11-9-;. The lowest BCUT2D eigenvalue weighted by Gasteiger charge is -2.24. The Balaban J connectivity index is 0.000000749. The Kier molecular flexibility index (Phi) is 14.1. The largest absolute Gasteiger partial charge is 0.508 e. The Morgan fingerprint density at radius 1 is 0.679 bits per heavy atom. The molecular formula is C27H48O. The zero-order valence-electron chi connectivity index (χ0n) is 20.2. The van der Waals surface area contributed by atoms with Gasteiger partial charge in [0.15, 0.2) is 0 Å². The Bertz CT molecular complexity index is 491. The molecule has 0 fully saturated rings. The fourth-order valence-corrected chi connectivity index (χ4v) is 3.09. The summed E-state index contributed by atoms with van der Waals surface area (Å²) in [5.41, 5.74) is 1.17.